The molecule has 6 rings (SSSR count). The van der Waals surface area contributed by atoms with Gasteiger partial charge in [0.25, 0.3) is 17.5 Å². The Labute approximate surface area is 284 Å². The highest BCUT2D eigenvalue weighted by molar-refractivity contribution is 7.99. The number of nitro groups is 1. The summed E-state index contributed by atoms with van der Waals surface area (Å²) in [6.45, 7) is 3.50. The van der Waals surface area contributed by atoms with Crippen LogP contribution in [0.4, 0.5) is 5.69 Å². The Morgan fingerprint density at radius 2 is 1.85 bits per heavy atom. The summed E-state index contributed by atoms with van der Waals surface area (Å²) >= 11 is 2.81. The van der Waals surface area contributed by atoms with Crippen LogP contribution in [0.1, 0.15) is 50.2 Å². The lowest BCUT2D eigenvalue weighted by molar-refractivity contribution is -0.385. The maximum absolute atomic E-state index is 13.8. The van der Waals surface area contributed by atoms with Crippen LogP contribution in [0.15, 0.2) is 94.5 Å². The predicted molar refractivity (Wildman–Crippen MR) is 184 cm³/mol. The zero-order chi connectivity index (χ0) is 33.8. The number of thiophene rings is 1. The molecule has 2 amide bonds. The summed E-state index contributed by atoms with van der Waals surface area (Å²) in [4.78, 5) is 38.9. The van der Waals surface area contributed by atoms with Crippen LogP contribution in [0.25, 0.3) is 5.69 Å². The van der Waals surface area contributed by atoms with Gasteiger partial charge in [-0.3, -0.25) is 24.3 Å². The molecule has 0 spiro atoms. The molecular weight excluding hydrogens is 651 g/mol. The van der Waals surface area contributed by atoms with E-state index in [9.17, 15) is 19.7 Å². The Kier molecular flexibility index (Phi) is 9.64. The van der Waals surface area contributed by atoms with Crippen molar-refractivity contribution in [2.75, 3.05) is 12.9 Å². The Morgan fingerprint density at radius 1 is 1.06 bits per heavy atom. The highest BCUT2D eigenvalue weighted by Crippen LogP contribution is 2.35. The summed E-state index contributed by atoms with van der Waals surface area (Å²) in [5, 5.41) is 31.8. The number of aryl methyl sites for hydroxylation is 1. The molecule has 1 N–H and O–H groups in total. The zero-order valence-corrected chi connectivity index (χ0v) is 28.0. The average molecular weight is 682 g/mol. The van der Waals surface area contributed by atoms with E-state index in [-0.39, 0.29) is 41.1 Å². The van der Waals surface area contributed by atoms with Crippen molar-refractivity contribution in [2.24, 2.45) is 5.10 Å². The van der Waals surface area contributed by atoms with Crippen molar-refractivity contribution in [2.45, 2.75) is 38.0 Å². The molecule has 3 heterocycles. The van der Waals surface area contributed by atoms with Gasteiger partial charge in [-0.05, 0) is 66.8 Å². The molecule has 0 aliphatic carbocycles. The van der Waals surface area contributed by atoms with Crippen LogP contribution in [0.2, 0.25) is 0 Å². The normalized spacial score (nSPS) is 14.1. The van der Waals surface area contributed by atoms with Crippen LogP contribution in [-0.4, -0.2) is 55.1 Å². The van der Waals surface area contributed by atoms with E-state index >= 15 is 0 Å². The molecule has 0 saturated carbocycles. The Morgan fingerprint density at radius 3 is 2.56 bits per heavy atom. The number of amides is 2. The van der Waals surface area contributed by atoms with Gasteiger partial charge in [0.05, 0.1) is 41.0 Å². The van der Waals surface area contributed by atoms with Gasteiger partial charge in [0.2, 0.25) is 0 Å². The number of carbonyl (C=O) groups is 2. The molecule has 0 bridgehead atoms. The fraction of sp³-hybridized carbons (Fsp3) is 0.206. The van der Waals surface area contributed by atoms with Crippen LogP contribution in [-0.2, 0) is 11.3 Å². The second-order valence-electron chi connectivity index (χ2n) is 11.0. The molecule has 0 fully saturated rings. The number of ether oxygens (including phenoxy) is 1. The maximum Gasteiger partial charge on any atom is 0.273 e. The van der Waals surface area contributed by atoms with E-state index in [4.69, 9.17) is 9.84 Å². The van der Waals surface area contributed by atoms with Crippen LogP contribution >= 0.6 is 23.1 Å². The number of thioether (sulfide) groups is 1. The Hall–Kier alpha value is -5.34. The summed E-state index contributed by atoms with van der Waals surface area (Å²) in [6.07, 6.45) is 0.580. The van der Waals surface area contributed by atoms with Crippen molar-refractivity contribution in [3.63, 3.8) is 0 Å². The number of rotatable bonds is 11. The number of hydrogen-bond acceptors (Lipinski definition) is 10. The first-order chi connectivity index (χ1) is 23.2. The van der Waals surface area contributed by atoms with Gasteiger partial charge in [0.1, 0.15) is 5.75 Å². The van der Waals surface area contributed by atoms with Gasteiger partial charge < -0.3 is 10.1 Å². The van der Waals surface area contributed by atoms with Gasteiger partial charge in [-0.1, -0.05) is 48.2 Å². The van der Waals surface area contributed by atoms with E-state index in [1.165, 1.54) is 23.9 Å². The lowest BCUT2D eigenvalue weighted by Crippen LogP contribution is -2.28. The minimum atomic E-state index is -0.513. The predicted octanol–water partition coefficient (Wildman–Crippen LogP) is 6.26. The van der Waals surface area contributed by atoms with E-state index in [0.29, 0.717) is 17.4 Å². The molecule has 1 aliphatic heterocycles. The van der Waals surface area contributed by atoms with Gasteiger partial charge in [0.15, 0.2) is 11.0 Å². The number of hydrazone groups is 1. The molecule has 0 saturated heterocycles. The van der Waals surface area contributed by atoms with E-state index in [1.807, 2.05) is 73.0 Å². The Bertz CT molecular complexity index is 2010. The molecular formula is C34H31N7O5S2. The molecule has 48 heavy (non-hydrogen) atoms. The van der Waals surface area contributed by atoms with E-state index in [2.05, 4.69) is 15.5 Å². The first kappa shape index (κ1) is 32.6. The zero-order valence-electron chi connectivity index (χ0n) is 26.3. The topological polar surface area (TPSA) is 145 Å². The van der Waals surface area contributed by atoms with Crippen LogP contribution < -0.4 is 10.1 Å². The highest BCUT2D eigenvalue weighted by atomic mass is 32.2. The van der Waals surface area contributed by atoms with Gasteiger partial charge in [-0.25, -0.2) is 5.01 Å². The lowest BCUT2D eigenvalue weighted by atomic mass is 10.0. The molecule has 0 radical (unpaired) electrons. The Balaban J connectivity index is 1.24. The summed E-state index contributed by atoms with van der Waals surface area (Å²) in [7, 11) is 1.61. The largest absolute Gasteiger partial charge is 0.497 e. The van der Waals surface area contributed by atoms with E-state index in [1.54, 1.807) is 41.0 Å². The number of nitrogens with zero attached hydrogens (tertiary/aromatic N) is 6. The third kappa shape index (κ3) is 6.85. The number of nitro benzene ring substituents is 1. The minimum absolute atomic E-state index is 0.00342. The van der Waals surface area contributed by atoms with Crippen molar-refractivity contribution >= 4 is 46.3 Å². The fourth-order valence-corrected chi connectivity index (χ4v) is 7.01. The van der Waals surface area contributed by atoms with Crippen molar-refractivity contribution < 1.29 is 19.2 Å². The molecule has 244 valence electrons. The molecule has 1 atom stereocenters. The lowest BCUT2D eigenvalue weighted by Gasteiger charge is -2.22. The van der Waals surface area contributed by atoms with Gasteiger partial charge in [-0.15, -0.1) is 21.5 Å². The van der Waals surface area contributed by atoms with E-state index in [0.717, 1.165) is 33.2 Å². The molecule has 12 nitrogen and oxygen atoms in total. The number of benzene rings is 3. The van der Waals surface area contributed by atoms with Crippen LogP contribution in [0.5, 0.6) is 5.75 Å². The van der Waals surface area contributed by atoms with Crippen LogP contribution in [0, 0.1) is 24.0 Å². The quantitative estimate of drug-likeness (QED) is 0.0977. The van der Waals surface area contributed by atoms with Gasteiger partial charge in [0, 0.05) is 29.3 Å². The summed E-state index contributed by atoms with van der Waals surface area (Å²) in [5.74, 6) is 0.533. The van der Waals surface area contributed by atoms with E-state index < -0.39 is 10.8 Å². The second-order valence-corrected chi connectivity index (χ2v) is 12.9. The number of hydrogen-bond donors (Lipinski definition) is 1. The third-order valence-electron chi connectivity index (χ3n) is 7.91. The first-order valence-electron chi connectivity index (χ1n) is 15.0. The average Bonchev–Trinajstić information content (AvgIpc) is 3.86. The highest BCUT2D eigenvalue weighted by Gasteiger charge is 2.34. The second kappa shape index (κ2) is 14.2. The third-order valence-corrected chi connectivity index (χ3v) is 9.74. The first-order valence-corrected chi connectivity index (χ1v) is 16.8. The van der Waals surface area contributed by atoms with Gasteiger partial charge in [-0.2, -0.15) is 5.10 Å². The molecule has 3 aromatic carbocycles. The van der Waals surface area contributed by atoms with Crippen LogP contribution in [0.3, 0.4) is 0 Å². The number of carbonyl (C=O) groups excluding carboxylic acids is 2. The molecule has 1 aliphatic rings. The number of aromatic nitrogens is 3. The standard InChI is InChI=1S/C34H31N7O5S2/c1-21-7-4-8-24(17-21)39-31(19-35-33(43)26-9-5-10-28(22(26)2)41(44)45)36-37-34(39)48-20-32(42)40-29(23-12-14-25(46-3)15-13-23)18-27(38-40)30-11-6-16-47-30/h4-17,29H,18-20H2,1-3H3,(H,35,43). The smallest absolute Gasteiger partial charge is 0.273 e. The summed E-state index contributed by atoms with van der Waals surface area (Å²) in [6, 6.07) is 23.5. The summed E-state index contributed by atoms with van der Waals surface area (Å²) in [5.41, 5.74) is 3.91. The van der Waals surface area contributed by atoms with Crippen molar-refractivity contribution in [1.82, 2.24) is 25.1 Å². The number of methoxy groups -OCH3 is 1. The maximum atomic E-state index is 13.8. The molecule has 14 heteroatoms. The molecule has 2 aromatic heterocycles. The SMILES string of the molecule is COc1ccc(C2CC(c3cccs3)=NN2C(=O)CSc2nnc(CNC(=O)c3cccc([N+](=O)[O-])c3C)n2-c2cccc(C)c2)cc1. The van der Waals surface area contributed by atoms with Crippen molar-refractivity contribution in [1.29, 1.82) is 0 Å². The van der Waals surface area contributed by atoms with Crippen molar-refractivity contribution in [3.8, 4) is 11.4 Å². The van der Waals surface area contributed by atoms with Gasteiger partial charge >= 0.3 is 0 Å². The number of nitrogens with one attached hydrogen (secondary N) is 1. The van der Waals surface area contributed by atoms with Crippen molar-refractivity contribution in [3.05, 3.63) is 127 Å². The minimum Gasteiger partial charge on any atom is -0.497 e. The fourth-order valence-electron chi connectivity index (χ4n) is 5.47. The molecule has 1 unspecified atom stereocenters. The summed E-state index contributed by atoms with van der Waals surface area (Å²) < 4.78 is 7.13. The molecule has 5 aromatic rings. The monoisotopic (exact) mass is 681 g/mol.